The number of rotatable bonds is 6. The van der Waals surface area contributed by atoms with Crippen molar-refractivity contribution < 1.29 is 13.9 Å². The number of ether oxygens (including phenoxy) is 2. The lowest BCUT2D eigenvalue weighted by Gasteiger charge is -2.37. The minimum atomic E-state index is -0.198. The van der Waals surface area contributed by atoms with E-state index in [2.05, 4.69) is 24.1 Å². The van der Waals surface area contributed by atoms with Crippen LogP contribution in [-0.4, -0.2) is 45.6 Å². The smallest absolute Gasteiger partial charge is 0.123 e. The molecule has 1 heterocycles. The minimum Gasteiger partial charge on any atom is -0.383 e. The fourth-order valence-corrected chi connectivity index (χ4v) is 2.78. The predicted molar refractivity (Wildman–Crippen MR) is 82.2 cm³/mol. The van der Waals surface area contributed by atoms with Crippen molar-refractivity contribution in [3.63, 3.8) is 0 Å². The van der Waals surface area contributed by atoms with Gasteiger partial charge in [-0.2, -0.15) is 0 Å². The van der Waals surface area contributed by atoms with Crippen molar-refractivity contribution in [2.24, 2.45) is 0 Å². The van der Waals surface area contributed by atoms with Gasteiger partial charge in [0, 0.05) is 39.0 Å². The minimum absolute atomic E-state index is 0.188. The maximum Gasteiger partial charge on any atom is 0.123 e. The summed E-state index contributed by atoms with van der Waals surface area (Å²) in [5.41, 5.74) is 2.07. The number of methoxy groups -OCH3 is 1. The lowest BCUT2D eigenvalue weighted by Crippen LogP contribution is -2.46. The molecule has 118 valence electrons. The van der Waals surface area contributed by atoms with Crippen LogP contribution in [0.5, 0.6) is 0 Å². The Balaban J connectivity index is 2.10. The summed E-state index contributed by atoms with van der Waals surface area (Å²) >= 11 is 0. The number of nitrogens with one attached hydrogen (secondary N) is 1. The molecule has 2 unspecified atom stereocenters. The fourth-order valence-electron chi connectivity index (χ4n) is 2.78. The summed E-state index contributed by atoms with van der Waals surface area (Å²) in [6, 6.07) is 5.01. The highest BCUT2D eigenvalue weighted by atomic mass is 19.1. The summed E-state index contributed by atoms with van der Waals surface area (Å²) in [6.45, 7) is 7.85. The van der Waals surface area contributed by atoms with Crippen LogP contribution in [0, 0.1) is 5.82 Å². The second kappa shape index (κ2) is 7.73. The van der Waals surface area contributed by atoms with E-state index in [-0.39, 0.29) is 18.0 Å². The van der Waals surface area contributed by atoms with Crippen molar-refractivity contribution in [3.05, 3.63) is 29.6 Å². The van der Waals surface area contributed by atoms with Crippen molar-refractivity contribution in [1.82, 2.24) is 5.32 Å². The third-order valence-corrected chi connectivity index (χ3v) is 3.60. The van der Waals surface area contributed by atoms with Gasteiger partial charge in [-0.15, -0.1) is 0 Å². The summed E-state index contributed by atoms with van der Waals surface area (Å²) < 4.78 is 24.3. The molecule has 0 radical (unpaired) electrons. The van der Waals surface area contributed by atoms with Gasteiger partial charge in [-0.25, -0.2) is 4.39 Å². The molecule has 1 fully saturated rings. The van der Waals surface area contributed by atoms with Crippen LogP contribution in [0.1, 0.15) is 19.4 Å². The van der Waals surface area contributed by atoms with Crippen LogP contribution < -0.4 is 10.2 Å². The second-order valence-corrected chi connectivity index (χ2v) is 5.60. The Morgan fingerprint density at radius 2 is 2.05 bits per heavy atom. The lowest BCUT2D eigenvalue weighted by atomic mass is 10.1. The molecular weight excluding hydrogens is 271 g/mol. The average Bonchev–Trinajstić information content (AvgIpc) is 2.42. The lowest BCUT2D eigenvalue weighted by molar-refractivity contribution is -0.00526. The molecule has 2 rings (SSSR count). The van der Waals surface area contributed by atoms with Gasteiger partial charge >= 0.3 is 0 Å². The van der Waals surface area contributed by atoms with E-state index < -0.39 is 0 Å². The van der Waals surface area contributed by atoms with Gasteiger partial charge in [0.1, 0.15) is 5.82 Å². The quantitative estimate of drug-likeness (QED) is 0.816. The summed E-state index contributed by atoms with van der Waals surface area (Å²) in [7, 11) is 1.67. The molecule has 4 nitrogen and oxygen atoms in total. The highest BCUT2D eigenvalue weighted by Gasteiger charge is 2.23. The first-order chi connectivity index (χ1) is 10.1. The molecule has 1 aromatic rings. The zero-order valence-electron chi connectivity index (χ0n) is 13.1. The Morgan fingerprint density at radius 3 is 2.71 bits per heavy atom. The van der Waals surface area contributed by atoms with Crippen LogP contribution in [0.2, 0.25) is 0 Å². The number of hydrogen-bond donors (Lipinski definition) is 1. The average molecular weight is 296 g/mol. The van der Waals surface area contributed by atoms with Gasteiger partial charge in [0.25, 0.3) is 0 Å². The summed E-state index contributed by atoms with van der Waals surface area (Å²) in [4.78, 5) is 2.28. The van der Waals surface area contributed by atoms with Gasteiger partial charge in [-0.05, 0) is 37.6 Å². The number of benzene rings is 1. The number of nitrogens with zero attached hydrogens (tertiary/aromatic N) is 1. The topological polar surface area (TPSA) is 33.7 Å². The molecule has 0 aliphatic carbocycles. The summed E-state index contributed by atoms with van der Waals surface area (Å²) in [5, 5.41) is 3.28. The fraction of sp³-hybridized carbons (Fsp3) is 0.625. The van der Waals surface area contributed by atoms with Gasteiger partial charge in [0.15, 0.2) is 0 Å². The Labute approximate surface area is 126 Å². The molecular formula is C16H25FN2O2. The van der Waals surface area contributed by atoms with E-state index in [1.165, 1.54) is 6.07 Å². The molecule has 0 saturated carbocycles. The van der Waals surface area contributed by atoms with Crippen molar-refractivity contribution in [3.8, 4) is 0 Å². The van der Waals surface area contributed by atoms with Crippen LogP contribution in [-0.2, 0) is 16.0 Å². The van der Waals surface area contributed by atoms with Crippen molar-refractivity contribution in [2.45, 2.75) is 32.6 Å². The summed E-state index contributed by atoms with van der Waals surface area (Å²) in [6.07, 6.45) is 0.376. The van der Waals surface area contributed by atoms with E-state index in [9.17, 15) is 4.39 Å². The van der Waals surface area contributed by atoms with Crippen LogP contribution >= 0.6 is 0 Å². The number of hydrogen-bond acceptors (Lipinski definition) is 4. The zero-order chi connectivity index (χ0) is 15.2. The Morgan fingerprint density at radius 1 is 1.33 bits per heavy atom. The van der Waals surface area contributed by atoms with Crippen molar-refractivity contribution in [1.29, 1.82) is 0 Å². The highest BCUT2D eigenvalue weighted by molar-refractivity contribution is 5.54. The van der Waals surface area contributed by atoms with Crippen molar-refractivity contribution >= 4 is 5.69 Å². The first-order valence-electron chi connectivity index (χ1n) is 7.48. The summed E-state index contributed by atoms with van der Waals surface area (Å²) in [5.74, 6) is -0.198. The van der Waals surface area contributed by atoms with Crippen LogP contribution in [0.4, 0.5) is 10.1 Å². The molecule has 1 aliphatic heterocycles. The standard InChI is InChI=1S/C16H25FN2O2/c1-12-10-19(11-13(2)21-12)16-5-4-15(17)8-14(16)9-18-6-7-20-3/h4-5,8,12-13,18H,6-7,9-11H2,1-3H3. The van der Waals surface area contributed by atoms with Gasteiger partial charge in [0.2, 0.25) is 0 Å². The largest absolute Gasteiger partial charge is 0.383 e. The molecule has 0 amide bonds. The Kier molecular flexibility index (Phi) is 5.96. The maximum absolute atomic E-state index is 13.5. The molecule has 2 atom stereocenters. The molecule has 0 bridgehead atoms. The van der Waals surface area contributed by atoms with Crippen molar-refractivity contribution in [2.75, 3.05) is 38.3 Å². The van der Waals surface area contributed by atoms with Gasteiger partial charge < -0.3 is 19.7 Å². The van der Waals surface area contributed by atoms with E-state index in [0.717, 1.165) is 30.9 Å². The van der Waals surface area contributed by atoms with Gasteiger partial charge in [-0.3, -0.25) is 0 Å². The van der Waals surface area contributed by atoms with E-state index in [1.54, 1.807) is 13.2 Å². The SMILES string of the molecule is COCCNCc1cc(F)ccc1N1CC(C)OC(C)C1. The van der Waals surface area contributed by atoms with E-state index in [1.807, 2.05) is 6.07 Å². The Hall–Kier alpha value is -1.17. The van der Waals surface area contributed by atoms with Gasteiger partial charge in [0.05, 0.1) is 18.8 Å². The predicted octanol–water partition coefficient (Wildman–Crippen LogP) is 2.18. The monoisotopic (exact) mass is 296 g/mol. The van der Waals surface area contributed by atoms with E-state index in [4.69, 9.17) is 9.47 Å². The normalized spacial score (nSPS) is 22.6. The highest BCUT2D eigenvalue weighted by Crippen LogP contribution is 2.25. The molecule has 0 aromatic heterocycles. The molecule has 21 heavy (non-hydrogen) atoms. The van der Waals surface area contributed by atoms with Crippen LogP contribution in [0.25, 0.3) is 0 Å². The zero-order valence-corrected chi connectivity index (χ0v) is 13.1. The third-order valence-electron chi connectivity index (χ3n) is 3.60. The van der Waals surface area contributed by atoms with Gasteiger partial charge in [-0.1, -0.05) is 0 Å². The number of anilines is 1. The maximum atomic E-state index is 13.5. The van der Waals surface area contributed by atoms with E-state index in [0.29, 0.717) is 13.2 Å². The van der Waals surface area contributed by atoms with Crippen LogP contribution in [0.15, 0.2) is 18.2 Å². The number of morpholine rings is 1. The first-order valence-corrected chi connectivity index (χ1v) is 7.48. The molecule has 1 N–H and O–H groups in total. The van der Waals surface area contributed by atoms with E-state index >= 15 is 0 Å². The molecule has 1 aliphatic rings. The number of halogens is 1. The van der Waals surface area contributed by atoms with Crippen LogP contribution in [0.3, 0.4) is 0 Å². The molecule has 5 heteroatoms. The Bertz CT molecular complexity index is 446. The molecule has 1 saturated heterocycles. The molecule has 1 aromatic carbocycles. The third kappa shape index (κ3) is 4.66. The molecule has 0 spiro atoms. The first kappa shape index (κ1) is 16.2. The second-order valence-electron chi connectivity index (χ2n) is 5.60.